The first-order chi connectivity index (χ1) is 9.69. The minimum absolute atomic E-state index is 0.0120. The monoisotopic (exact) mass is 288 g/mol. The fourth-order valence-corrected chi connectivity index (χ4v) is 3.34. The van der Waals surface area contributed by atoms with Gasteiger partial charge in [-0.05, 0) is 35.6 Å². The molecule has 20 heavy (non-hydrogen) atoms. The molecule has 0 unspecified atom stereocenters. The van der Waals surface area contributed by atoms with Crippen LogP contribution >= 0.6 is 11.3 Å². The first-order valence-electron chi connectivity index (χ1n) is 6.47. The maximum absolute atomic E-state index is 12.6. The first kappa shape index (κ1) is 13.0. The van der Waals surface area contributed by atoms with Gasteiger partial charge in [0.05, 0.1) is 12.7 Å². The molecule has 0 aliphatic carbocycles. The SMILES string of the molecule is COc1ccc(C(=O)N2CCc3sccc3C2)c(N)c1. The molecule has 1 amide bonds. The van der Waals surface area contributed by atoms with Crippen LogP contribution in [0.3, 0.4) is 0 Å². The van der Waals surface area contributed by atoms with Gasteiger partial charge in [0.1, 0.15) is 5.75 Å². The third kappa shape index (κ3) is 2.25. The second-order valence-corrected chi connectivity index (χ2v) is 5.80. The number of thiophene rings is 1. The van der Waals surface area contributed by atoms with E-state index in [1.807, 2.05) is 4.90 Å². The predicted octanol–water partition coefficient (Wildman–Crippen LogP) is 2.54. The quantitative estimate of drug-likeness (QED) is 0.864. The number of ether oxygens (including phenoxy) is 1. The van der Waals surface area contributed by atoms with Crippen LogP contribution in [-0.2, 0) is 13.0 Å². The molecule has 0 spiro atoms. The van der Waals surface area contributed by atoms with Crippen LogP contribution in [0, 0.1) is 0 Å². The van der Waals surface area contributed by atoms with Crippen molar-refractivity contribution in [3.05, 3.63) is 45.6 Å². The molecule has 4 nitrogen and oxygen atoms in total. The number of carbonyl (C=O) groups excluding carboxylic acids is 1. The highest BCUT2D eigenvalue weighted by Gasteiger charge is 2.23. The molecule has 2 heterocycles. The number of amides is 1. The molecule has 0 radical (unpaired) electrons. The van der Waals surface area contributed by atoms with Gasteiger partial charge in [-0.15, -0.1) is 11.3 Å². The molecule has 3 rings (SSSR count). The maximum atomic E-state index is 12.6. The average Bonchev–Trinajstić information content (AvgIpc) is 2.93. The lowest BCUT2D eigenvalue weighted by atomic mass is 10.1. The van der Waals surface area contributed by atoms with Gasteiger partial charge in [0.2, 0.25) is 0 Å². The molecule has 1 aromatic heterocycles. The molecule has 0 saturated carbocycles. The van der Waals surface area contributed by atoms with Crippen LogP contribution in [0.2, 0.25) is 0 Å². The Labute approximate surface area is 121 Å². The number of fused-ring (bicyclic) bond motifs is 1. The summed E-state index contributed by atoms with van der Waals surface area (Å²) in [5.74, 6) is 0.653. The molecule has 2 N–H and O–H groups in total. The van der Waals surface area contributed by atoms with Gasteiger partial charge < -0.3 is 15.4 Å². The zero-order valence-corrected chi connectivity index (χ0v) is 12.1. The lowest BCUT2D eigenvalue weighted by Crippen LogP contribution is -2.35. The minimum atomic E-state index is -0.0120. The number of nitrogens with zero attached hydrogens (tertiary/aromatic N) is 1. The van der Waals surface area contributed by atoms with E-state index in [1.54, 1.807) is 36.6 Å². The molecular weight excluding hydrogens is 272 g/mol. The zero-order chi connectivity index (χ0) is 14.1. The third-order valence-corrected chi connectivity index (χ3v) is 4.61. The molecule has 1 aliphatic rings. The highest BCUT2D eigenvalue weighted by Crippen LogP contribution is 2.27. The van der Waals surface area contributed by atoms with Crippen LogP contribution < -0.4 is 10.5 Å². The zero-order valence-electron chi connectivity index (χ0n) is 11.3. The summed E-state index contributed by atoms with van der Waals surface area (Å²) in [4.78, 5) is 15.8. The summed E-state index contributed by atoms with van der Waals surface area (Å²) < 4.78 is 5.11. The van der Waals surface area contributed by atoms with Crippen molar-refractivity contribution in [1.82, 2.24) is 4.90 Å². The van der Waals surface area contributed by atoms with E-state index in [-0.39, 0.29) is 5.91 Å². The molecule has 0 bridgehead atoms. The number of anilines is 1. The summed E-state index contributed by atoms with van der Waals surface area (Å²) in [6.45, 7) is 1.42. The highest BCUT2D eigenvalue weighted by atomic mass is 32.1. The summed E-state index contributed by atoms with van der Waals surface area (Å²) in [5, 5.41) is 2.08. The molecule has 0 fully saturated rings. The van der Waals surface area contributed by atoms with Gasteiger partial charge in [-0.1, -0.05) is 0 Å². The number of hydrogen-bond acceptors (Lipinski definition) is 4. The summed E-state index contributed by atoms with van der Waals surface area (Å²) in [7, 11) is 1.58. The molecule has 0 atom stereocenters. The fourth-order valence-electron chi connectivity index (χ4n) is 2.45. The summed E-state index contributed by atoms with van der Waals surface area (Å²) in [6, 6.07) is 7.28. The van der Waals surface area contributed by atoms with E-state index in [4.69, 9.17) is 10.5 Å². The van der Waals surface area contributed by atoms with E-state index in [0.717, 1.165) is 13.0 Å². The fraction of sp³-hybridized carbons (Fsp3) is 0.267. The Kier molecular flexibility index (Phi) is 3.36. The van der Waals surface area contributed by atoms with Crippen molar-refractivity contribution in [3.63, 3.8) is 0 Å². The van der Waals surface area contributed by atoms with Crippen LogP contribution in [0.4, 0.5) is 5.69 Å². The second-order valence-electron chi connectivity index (χ2n) is 4.80. The lowest BCUT2D eigenvalue weighted by Gasteiger charge is -2.27. The van der Waals surface area contributed by atoms with Crippen molar-refractivity contribution < 1.29 is 9.53 Å². The Bertz CT molecular complexity index is 651. The summed E-state index contributed by atoms with van der Waals surface area (Å²) in [5.41, 5.74) is 8.21. The van der Waals surface area contributed by atoms with Crippen LogP contribution in [0.5, 0.6) is 5.75 Å². The number of benzene rings is 1. The molecular formula is C15H16N2O2S. The van der Waals surface area contributed by atoms with Crippen LogP contribution in [0.25, 0.3) is 0 Å². The number of methoxy groups -OCH3 is 1. The average molecular weight is 288 g/mol. The Balaban J connectivity index is 1.83. The number of nitrogens with two attached hydrogens (primary N) is 1. The molecule has 1 aromatic carbocycles. The highest BCUT2D eigenvalue weighted by molar-refractivity contribution is 7.10. The number of rotatable bonds is 2. The van der Waals surface area contributed by atoms with Gasteiger partial charge in [-0.2, -0.15) is 0 Å². The third-order valence-electron chi connectivity index (χ3n) is 3.58. The molecule has 1 aliphatic heterocycles. The van der Waals surface area contributed by atoms with Crippen molar-refractivity contribution in [2.24, 2.45) is 0 Å². The molecule has 5 heteroatoms. The summed E-state index contributed by atoms with van der Waals surface area (Å²) in [6.07, 6.45) is 0.925. The lowest BCUT2D eigenvalue weighted by molar-refractivity contribution is 0.0737. The van der Waals surface area contributed by atoms with Crippen molar-refractivity contribution in [1.29, 1.82) is 0 Å². The van der Waals surface area contributed by atoms with Gasteiger partial charge in [0, 0.05) is 29.7 Å². The smallest absolute Gasteiger partial charge is 0.256 e. The number of carbonyl (C=O) groups is 1. The Morgan fingerprint density at radius 1 is 1.40 bits per heavy atom. The minimum Gasteiger partial charge on any atom is -0.497 e. The number of nitrogen functional groups attached to an aromatic ring is 1. The Hall–Kier alpha value is -2.01. The predicted molar refractivity (Wildman–Crippen MR) is 80.2 cm³/mol. The van der Waals surface area contributed by atoms with E-state index in [2.05, 4.69) is 11.4 Å². The van der Waals surface area contributed by atoms with E-state index in [1.165, 1.54) is 10.4 Å². The standard InChI is InChI=1S/C15H16N2O2S/c1-19-11-2-3-12(13(16)8-11)15(18)17-6-4-14-10(9-17)5-7-20-14/h2-3,5,7-8H,4,6,9,16H2,1H3. The van der Waals surface area contributed by atoms with E-state index < -0.39 is 0 Å². The van der Waals surface area contributed by atoms with Gasteiger partial charge >= 0.3 is 0 Å². The Morgan fingerprint density at radius 2 is 2.25 bits per heavy atom. The topological polar surface area (TPSA) is 55.6 Å². The molecule has 2 aromatic rings. The Morgan fingerprint density at radius 3 is 3.00 bits per heavy atom. The maximum Gasteiger partial charge on any atom is 0.256 e. The summed E-state index contributed by atoms with van der Waals surface area (Å²) >= 11 is 1.76. The van der Waals surface area contributed by atoms with E-state index >= 15 is 0 Å². The van der Waals surface area contributed by atoms with E-state index in [0.29, 0.717) is 23.5 Å². The van der Waals surface area contributed by atoms with Crippen LogP contribution in [-0.4, -0.2) is 24.5 Å². The van der Waals surface area contributed by atoms with Gasteiger partial charge in [-0.3, -0.25) is 4.79 Å². The largest absolute Gasteiger partial charge is 0.497 e. The first-order valence-corrected chi connectivity index (χ1v) is 7.35. The van der Waals surface area contributed by atoms with Crippen LogP contribution in [0.1, 0.15) is 20.8 Å². The van der Waals surface area contributed by atoms with E-state index in [9.17, 15) is 4.79 Å². The van der Waals surface area contributed by atoms with Crippen molar-refractivity contribution >= 4 is 22.9 Å². The van der Waals surface area contributed by atoms with Gasteiger partial charge in [0.15, 0.2) is 0 Å². The van der Waals surface area contributed by atoms with Gasteiger partial charge in [0.25, 0.3) is 5.91 Å². The molecule has 104 valence electrons. The normalized spacial score (nSPS) is 13.9. The second kappa shape index (κ2) is 5.17. The van der Waals surface area contributed by atoms with Crippen molar-refractivity contribution in [2.45, 2.75) is 13.0 Å². The van der Waals surface area contributed by atoms with Crippen molar-refractivity contribution in [2.75, 3.05) is 19.4 Å². The van der Waals surface area contributed by atoms with Gasteiger partial charge in [-0.25, -0.2) is 0 Å². The molecule has 0 saturated heterocycles. The van der Waals surface area contributed by atoms with Crippen molar-refractivity contribution in [3.8, 4) is 5.75 Å². The number of hydrogen-bond donors (Lipinski definition) is 1. The van der Waals surface area contributed by atoms with Crippen LogP contribution in [0.15, 0.2) is 29.6 Å².